The third-order valence-electron chi connectivity index (χ3n) is 3.08. The lowest BCUT2D eigenvalue weighted by Gasteiger charge is -2.13. The van der Waals surface area contributed by atoms with Crippen LogP contribution in [0.2, 0.25) is 0 Å². The Labute approximate surface area is 157 Å². The number of guanidine groups is 1. The number of halogens is 1. The van der Waals surface area contributed by atoms with Crippen LogP contribution in [-0.2, 0) is 12.0 Å². The molecule has 0 atom stereocenters. The van der Waals surface area contributed by atoms with E-state index in [2.05, 4.69) is 67.3 Å². The van der Waals surface area contributed by atoms with Gasteiger partial charge in [0.15, 0.2) is 5.96 Å². The van der Waals surface area contributed by atoms with Crippen LogP contribution in [0.5, 0.6) is 0 Å². The molecular weight excluding hydrogens is 405 g/mol. The zero-order valence-corrected chi connectivity index (χ0v) is 17.6. The number of aromatic nitrogens is 1. The Bertz CT molecular complexity index is 465. The van der Waals surface area contributed by atoms with Gasteiger partial charge in [-0.25, -0.2) is 9.98 Å². The van der Waals surface area contributed by atoms with Gasteiger partial charge in [0, 0.05) is 18.5 Å². The first-order valence-corrected chi connectivity index (χ1v) is 7.95. The van der Waals surface area contributed by atoms with Gasteiger partial charge in [-0.3, -0.25) is 0 Å². The average molecular weight is 437 g/mol. The van der Waals surface area contributed by atoms with Crippen molar-refractivity contribution in [3.05, 3.63) is 17.8 Å². The van der Waals surface area contributed by atoms with Crippen LogP contribution in [0.25, 0.3) is 0 Å². The Hall–Kier alpha value is -0.830. The van der Waals surface area contributed by atoms with Crippen molar-refractivity contribution < 1.29 is 4.42 Å². The van der Waals surface area contributed by atoms with Crippen molar-refractivity contribution in [1.29, 1.82) is 0 Å². The molecule has 6 nitrogen and oxygen atoms in total. The number of nitrogens with zero attached hydrogens (tertiary/aromatic N) is 3. The molecule has 1 aromatic rings. The monoisotopic (exact) mass is 437 g/mol. The minimum atomic E-state index is -0.0239. The lowest BCUT2D eigenvalue weighted by atomic mass is 9.94. The zero-order chi connectivity index (χ0) is 16.6. The van der Waals surface area contributed by atoms with Gasteiger partial charge < -0.3 is 20.0 Å². The molecule has 0 spiro atoms. The molecule has 0 aliphatic carbocycles. The normalized spacial score (nSPS) is 12.2. The maximum atomic E-state index is 5.75. The van der Waals surface area contributed by atoms with E-state index in [9.17, 15) is 0 Å². The van der Waals surface area contributed by atoms with E-state index in [4.69, 9.17) is 4.42 Å². The molecule has 0 fully saturated rings. The number of nitrogens with one attached hydrogen (secondary N) is 2. The first-order valence-electron chi connectivity index (χ1n) is 7.95. The van der Waals surface area contributed by atoms with E-state index in [0.717, 1.165) is 37.8 Å². The van der Waals surface area contributed by atoms with Crippen molar-refractivity contribution >= 4 is 29.9 Å². The molecule has 1 aromatic heterocycles. The summed E-state index contributed by atoms with van der Waals surface area (Å²) in [5, 5.41) is 6.56. The molecule has 1 heterocycles. The lowest BCUT2D eigenvalue weighted by molar-refractivity contribution is 0.383. The van der Waals surface area contributed by atoms with E-state index in [0.29, 0.717) is 12.4 Å². The molecule has 0 saturated carbocycles. The van der Waals surface area contributed by atoms with Crippen LogP contribution in [0.15, 0.2) is 15.6 Å². The second kappa shape index (κ2) is 10.9. The third kappa shape index (κ3) is 9.14. The van der Waals surface area contributed by atoms with E-state index in [-0.39, 0.29) is 29.4 Å². The summed E-state index contributed by atoms with van der Waals surface area (Å²) < 4.78 is 5.75. The van der Waals surface area contributed by atoms with Gasteiger partial charge in [0.25, 0.3) is 0 Å². The molecule has 0 aromatic carbocycles. The van der Waals surface area contributed by atoms with E-state index >= 15 is 0 Å². The molecular formula is C16H32IN5O. The van der Waals surface area contributed by atoms with Crippen molar-refractivity contribution in [1.82, 2.24) is 20.5 Å². The van der Waals surface area contributed by atoms with Gasteiger partial charge in [0.05, 0.1) is 6.20 Å². The molecule has 0 bridgehead atoms. The minimum absolute atomic E-state index is 0. The Kier molecular flexibility index (Phi) is 10.5. The maximum absolute atomic E-state index is 5.75. The van der Waals surface area contributed by atoms with Crippen molar-refractivity contribution in [3.63, 3.8) is 0 Å². The molecule has 2 N–H and O–H groups in total. The van der Waals surface area contributed by atoms with E-state index in [1.165, 1.54) is 0 Å². The Morgan fingerprint density at radius 3 is 2.52 bits per heavy atom. The maximum Gasteiger partial charge on any atom is 0.216 e. The quantitative estimate of drug-likeness (QED) is 0.297. The highest BCUT2D eigenvalue weighted by Gasteiger charge is 2.18. The zero-order valence-electron chi connectivity index (χ0n) is 15.3. The van der Waals surface area contributed by atoms with Gasteiger partial charge in [-0.1, -0.05) is 20.8 Å². The molecule has 0 amide bonds. The van der Waals surface area contributed by atoms with Crippen LogP contribution in [-0.4, -0.2) is 49.6 Å². The van der Waals surface area contributed by atoms with Crippen LogP contribution >= 0.6 is 24.0 Å². The summed E-state index contributed by atoms with van der Waals surface area (Å²) in [6.45, 7) is 11.6. The summed E-state index contributed by atoms with van der Waals surface area (Å²) >= 11 is 0. The molecule has 0 radical (unpaired) electrons. The van der Waals surface area contributed by atoms with Gasteiger partial charge in [-0.05, 0) is 34.0 Å². The summed E-state index contributed by atoms with van der Waals surface area (Å²) in [7, 11) is 4.16. The van der Waals surface area contributed by atoms with Crippen molar-refractivity contribution in [3.8, 4) is 0 Å². The highest BCUT2D eigenvalue weighted by molar-refractivity contribution is 14.0. The van der Waals surface area contributed by atoms with Crippen molar-refractivity contribution in [2.45, 2.75) is 46.1 Å². The van der Waals surface area contributed by atoms with Crippen LogP contribution in [0.1, 0.15) is 45.8 Å². The van der Waals surface area contributed by atoms with Crippen LogP contribution in [0.4, 0.5) is 0 Å². The highest BCUT2D eigenvalue weighted by Crippen LogP contribution is 2.22. The average Bonchev–Trinajstić information content (AvgIpc) is 2.89. The van der Waals surface area contributed by atoms with Crippen LogP contribution in [0, 0.1) is 0 Å². The summed E-state index contributed by atoms with van der Waals surface area (Å²) in [4.78, 5) is 11.0. The van der Waals surface area contributed by atoms with Crippen LogP contribution < -0.4 is 10.6 Å². The predicted molar refractivity (Wildman–Crippen MR) is 107 cm³/mol. The lowest BCUT2D eigenvalue weighted by Crippen LogP contribution is -2.38. The minimum Gasteiger partial charge on any atom is -0.443 e. The fourth-order valence-corrected chi connectivity index (χ4v) is 1.82. The molecule has 0 aliphatic rings. The number of rotatable bonds is 7. The predicted octanol–water partition coefficient (Wildman–Crippen LogP) is 2.60. The fraction of sp³-hybridized carbons (Fsp3) is 0.750. The summed E-state index contributed by atoms with van der Waals surface area (Å²) in [5.74, 6) is 2.34. The number of oxazole rings is 1. The van der Waals surface area contributed by atoms with Crippen molar-refractivity contribution in [2.75, 3.05) is 33.7 Å². The Balaban J connectivity index is 0.00000484. The Morgan fingerprint density at radius 2 is 2.00 bits per heavy atom. The Morgan fingerprint density at radius 1 is 1.30 bits per heavy atom. The molecule has 0 aliphatic heterocycles. The largest absolute Gasteiger partial charge is 0.443 e. The number of aliphatic imine (C=N–C) groups is 1. The molecule has 0 unspecified atom stereocenters. The van der Waals surface area contributed by atoms with Crippen molar-refractivity contribution in [2.24, 2.45) is 4.99 Å². The fourth-order valence-electron chi connectivity index (χ4n) is 1.82. The standard InChI is InChI=1S/C16H31N5O.HI/c1-7-17-15(18-9-8-10-21(5)6)20-12-14-19-11-13(22-14)16(2,3)4;/h11H,7-10,12H2,1-6H3,(H2,17,18,20);1H. The first-order chi connectivity index (χ1) is 10.3. The molecule has 1 rings (SSSR count). The first kappa shape index (κ1) is 22.2. The van der Waals surface area contributed by atoms with Gasteiger partial charge in [-0.15, -0.1) is 24.0 Å². The van der Waals surface area contributed by atoms with E-state index in [1.54, 1.807) is 6.20 Å². The van der Waals surface area contributed by atoms with Gasteiger partial charge >= 0.3 is 0 Å². The van der Waals surface area contributed by atoms with Gasteiger partial charge in [0.1, 0.15) is 12.3 Å². The molecule has 7 heteroatoms. The van der Waals surface area contributed by atoms with Crippen LogP contribution in [0.3, 0.4) is 0 Å². The second-order valence-electron chi connectivity index (χ2n) is 6.65. The smallest absolute Gasteiger partial charge is 0.216 e. The summed E-state index contributed by atoms with van der Waals surface area (Å²) in [5.41, 5.74) is -0.0239. The third-order valence-corrected chi connectivity index (χ3v) is 3.08. The highest BCUT2D eigenvalue weighted by atomic mass is 127. The van der Waals surface area contributed by atoms with E-state index < -0.39 is 0 Å². The topological polar surface area (TPSA) is 65.7 Å². The van der Waals surface area contributed by atoms with Gasteiger partial charge in [0.2, 0.25) is 5.89 Å². The number of hydrogen-bond acceptors (Lipinski definition) is 4. The summed E-state index contributed by atoms with van der Waals surface area (Å²) in [6, 6.07) is 0. The number of hydrogen-bond donors (Lipinski definition) is 2. The van der Waals surface area contributed by atoms with Gasteiger partial charge in [-0.2, -0.15) is 0 Å². The molecule has 23 heavy (non-hydrogen) atoms. The second-order valence-corrected chi connectivity index (χ2v) is 6.65. The molecule has 0 saturated heterocycles. The molecule has 134 valence electrons. The van der Waals surface area contributed by atoms with E-state index in [1.807, 2.05) is 0 Å². The summed E-state index contributed by atoms with van der Waals surface area (Å²) in [6.07, 6.45) is 2.87. The SMILES string of the molecule is CCNC(=NCc1ncc(C(C)(C)C)o1)NCCCN(C)C.I.